The molecule has 0 bridgehead atoms. The van der Waals surface area contributed by atoms with E-state index < -0.39 is 0 Å². The lowest BCUT2D eigenvalue weighted by atomic mass is 10.2. The van der Waals surface area contributed by atoms with E-state index in [1.54, 1.807) is 19.2 Å². The average molecular weight is 370 g/mol. The Bertz CT molecular complexity index is 535. The Balaban J connectivity index is 2.16. The third-order valence-electron chi connectivity index (χ3n) is 3.51. The molecule has 0 aliphatic heterocycles. The Kier molecular flexibility index (Phi) is 10.5. The summed E-state index contributed by atoms with van der Waals surface area (Å²) in [4.78, 5) is 15.2. The molecule has 140 valence electrons. The number of rotatable bonds is 10. The van der Waals surface area contributed by atoms with Crippen LogP contribution >= 0.6 is 11.6 Å². The van der Waals surface area contributed by atoms with Crippen LogP contribution in [0.4, 0.5) is 0 Å². The van der Waals surface area contributed by atoms with Crippen molar-refractivity contribution in [2.75, 3.05) is 27.2 Å². The van der Waals surface area contributed by atoms with Gasteiger partial charge in [-0.05, 0) is 44.0 Å². The van der Waals surface area contributed by atoms with Crippen molar-refractivity contribution in [1.29, 1.82) is 0 Å². The first kappa shape index (κ1) is 21.1. The molecule has 0 aliphatic rings. The zero-order chi connectivity index (χ0) is 18.5. The van der Waals surface area contributed by atoms with E-state index in [0.717, 1.165) is 37.5 Å². The second kappa shape index (κ2) is 12.4. The van der Waals surface area contributed by atoms with E-state index in [-0.39, 0.29) is 12.1 Å². The summed E-state index contributed by atoms with van der Waals surface area (Å²) in [5, 5.41) is 7.17. The Hall–Kier alpha value is -1.95. The largest absolute Gasteiger partial charge is 0.489 e. The molecule has 1 atom stereocenters. The van der Waals surface area contributed by atoms with Crippen LogP contribution in [-0.2, 0) is 9.53 Å². The monoisotopic (exact) mass is 369 g/mol. The van der Waals surface area contributed by atoms with Crippen LogP contribution in [0.3, 0.4) is 0 Å². The minimum atomic E-state index is -0.153. The number of methoxy groups -OCH3 is 1. The van der Waals surface area contributed by atoms with Gasteiger partial charge in [0.2, 0.25) is 0 Å². The summed E-state index contributed by atoms with van der Waals surface area (Å²) in [6.45, 7) is 3.42. The summed E-state index contributed by atoms with van der Waals surface area (Å²) in [5.74, 6) is 1.37. The molecule has 1 aromatic rings. The fraction of sp³-hybridized carbons (Fsp3) is 0.556. The molecule has 6 nitrogen and oxygen atoms in total. The minimum absolute atomic E-state index is 0.0141. The smallest absolute Gasteiger partial charge is 0.305 e. The molecule has 0 spiro atoms. The molecule has 0 saturated carbocycles. The highest BCUT2D eigenvalue weighted by Crippen LogP contribution is 2.16. The number of aliphatic imine (C=N–C) groups is 1. The van der Waals surface area contributed by atoms with Crippen LogP contribution < -0.4 is 15.4 Å². The zero-order valence-corrected chi connectivity index (χ0v) is 15.9. The van der Waals surface area contributed by atoms with Crippen molar-refractivity contribution in [2.45, 2.75) is 38.7 Å². The summed E-state index contributed by atoms with van der Waals surface area (Å²) < 4.78 is 10.4. The molecule has 0 saturated heterocycles. The van der Waals surface area contributed by atoms with Crippen LogP contribution in [0.1, 0.15) is 32.6 Å². The summed E-state index contributed by atoms with van der Waals surface area (Å²) in [7, 11) is 3.15. The van der Waals surface area contributed by atoms with Gasteiger partial charge in [-0.1, -0.05) is 18.0 Å². The first-order valence-electron chi connectivity index (χ1n) is 8.48. The predicted octanol–water partition coefficient (Wildman–Crippen LogP) is 3.01. The highest BCUT2D eigenvalue weighted by molar-refractivity contribution is 6.30. The Labute approximate surface area is 154 Å². The van der Waals surface area contributed by atoms with E-state index in [1.165, 1.54) is 7.11 Å². The van der Waals surface area contributed by atoms with Crippen LogP contribution in [0.2, 0.25) is 5.02 Å². The maximum Gasteiger partial charge on any atom is 0.305 e. The standard InChI is InChI=1S/C18H28ClN3O3/c1-14(25-16-10-8-15(19)9-11-16)13-22-18(20-2)21-12-6-4-5-7-17(23)24-3/h8-11,14H,4-7,12-13H2,1-3H3,(H2,20,21,22). The highest BCUT2D eigenvalue weighted by atomic mass is 35.5. The van der Waals surface area contributed by atoms with E-state index in [9.17, 15) is 4.79 Å². The maximum atomic E-state index is 11.0. The number of guanidine groups is 1. The fourth-order valence-electron chi connectivity index (χ4n) is 2.13. The SMILES string of the molecule is CN=C(NCCCCCC(=O)OC)NCC(C)Oc1ccc(Cl)cc1. The van der Waals surface area contributed by atoms with Crippen molar-refractivity contribution in [3.05, 3.63) is 29.3 Å². The molecule has 7 heteroatoms. The molecule has 1 rings (SSSR count). The summed E-state index contributed by atoms with van der Waals surface area (Å²) in [6.07, 6.45) is 3.23. The van der Waals surface area contributed by atoms with Crippen molar-refractivity contribution in [2.24, 2.45) is 4.99 Å². The van der Waals surface area contributed by atoms with Crippen molar-refractivity contribution in [1.82, 2.24) is 10.6 Å². The second-order valence-corrected chi connectivity index (χ2v) is 6.09. The van der Waals surface area contributed by atoms with Crippen molar-refractivity contribution >= 4 is 23.5 Å². The molecule has 0 aromatic heterocycles. The number of hydrogen-bond acceptors (Lipinski definition) is 4. The number of unbranched alkanes of at least 4 members (excludes halogenated alkanes) is 2. The van der Waals surface area contributed by atoms with Gasteiger partial charge in [-0.2, -0.15) is 0 Å². The van der Waals surface area contributed by atoms with Gasteiger partial charge in [0, 0.05) is 25.0 Å². The number of esters is 1. The van der Waals surface area contributed by atoms with Crippen LogP contribution in [-0.4, -0.2) is 45.3 Å². The zero-order valence-electron chi connectivity index (χ0n) is 15.2. The average Bonchev–Trinajstić information content (AvgIpc) is 2.62. The lowest BCUT2D eigenvalue weighted by Crippen LogP contribution is -2.42. The third-order valence-corrected chi connectivity index (χ3v) is 3.76. The number of carbonyl (C=O) groups is 1. The van der Waals surface area contributed by atoms with E-state index in [4.69, 9.17) is 16.3 Å². The van der Waals surface area contributed by atoms with Crippen molar-refractivity contribution in [3.8, 4) is 5.75 Å². The number of nitrogens with one attached hydrogen (secondary N) is 2. The molecule has 1 aromatic carbocycles. The predicted molar refractivity (Wildman–Crippen MR) is 101 cm³/mol. The van der Waals surface area contributed by atoms with E-state index in [0.29, 0.717) is 18.0 Å². The second-order valence-electron chi connectivity index (χ2n) is 5.65. The quantitative estimate of drug-likeness (QED) is 0.287. The van der Waals surface area contributed by atoms with E-state index >= 15 is 0 Å². The molecule has 1 unspecified atom stereocenters. The van der Waals surface area contributed by atoms with Gasteiger partial charge >= 0.3 is 5.97 Å². The Morgan fingerprint density at radius 2 is 1.92 bits per heavy atom. The summed E-state index contributed by atoms with van der Waals surface area (Å²) >= 11 is 5.86. The minimum Gasteiger partial charge on any atom is -0.489 e. The van der Waals surface area contributed by atoms with Crippen LogP contribution in [0.25, 0.3) is 0 Å². The number of benzene rings is 1. The van der Waals surface area contributed by atoms with Crippen LogP contribution in [0, 0.1) is 0 Å². The summed E-state index contributed by atoms with van der Waals surface area (Å²) in [5.41, 5.74) is 0. The van der Waals surface area contributed by atoms with Gasteiger partial charge in [-0.3, -0.25) is 9.79 Å². The molecular weight excluding hydrogens is 342 g/mol. The van der Waals surface area contributed by atoms with Gasteiger partial charge in [0.15, 0.2) is 5.96 Å². The van der Waals surface area contributed by atoms with Gasteiger partial charge in [-0.15, -0.1) is 0 Å². The number of ether oxygens (including phenoxy) is 2. The molecule has 25 heavy (non-hydrogen) atoms. The highest BCUT2D eigenvalue weighted by Gasteiger charge is 2.06. The van der Waals surface area contributed by atoms with Gasteiger partial charge in [0.05, 0.1) is 13.7 Å². The fourth-order valence-corrected chi connectivity index (χ4v) is 2.25. The van der Waals surface area contributed by atoms with Crippen LogP contribution in [0.5, 0.6) is 5.75 Å². The molecular formula is C18H28ClN3O3. The number of halogens is 1. The number of carbonyl (C=O) groups excluding carboxylic acids is 1. The molecule has 0 heterocycles. The molecule has 0 amide bonds. The van der Waals surface area contributed by atoms with E-state index in [1.807, 2.05) is 19.1 Å². The molecule has 0 fully saturated rings. The Morgan fingerprint density at radius 1 is 1.20 bits per heavy atom. The lowest BCUT2D eigenvalue weighted by Gasteiger charge is -2.17. The normalized spacial score (nSPS) is 12.4. The molecule has 0 aliphatic carbocycles. The first-order chi connectivity index (χ1) is 12.0. The molecule has 2 N–H and O–H groups in total. The number of nitrogens with zero attached hydrogens (tertiary/aromatic N) is 1. The topological polar surface area (TPSA) is 72.0 Å². The molecule has 0 radical (unpaired) electrons. The Morgan fingerprint density at radius 3 is 2.56 bits per heavy atom. The lowest BCUT2D eigenvalue weighted by molar-refractivity contribution is -0.140. The van der Waals surface area contributed by atoms with E-state index in [2.05, 4.69) is 20.4 Å². The van der Waals surface area contributed by atoms with Gasteiger partial charge < -0.3 is 20.1 Å². The van der Waals surface area contributed by atoms with Gasteiger partial charge in [0.25, 0.3) is 0 Å². The van der Waals surface area contributed by atoms with Crippen molar-refractivity contribution < 1.29 is 14.3 Å². The maximum absolute atomic E-state index is 11.0. The van der Waals surface area contributed by atoms with Crippen LogP contribution in [0.15, 0.2) is 29.3 Å². The number of hydrogen-bond donors (Lipinski definition) is 2. The third kappa shape index (κ3) is 9.82. The van der Waals surface area contributed by atoms with Crippen molar-refractivity contribution in [3.63, 3.8) is 0 Å². The van der Waals surface area contributed by atoms with Gasteiger partial charge in [-0.25, -0.2) is 0 Å². The first-order valence-corrected chi connectivity index (χ1v) is 8.86. The summed E-state index contributed by atoms with van der Waals surface area (Å²) in [6, 6.07) is 7.30. The van der Waals surface area contributed by atoms with Gasteiger partial charge in [0.1, 0.15) is 11.9 Å².